The maximum absolute atomic E-state index is 10.5. The molecule has 6 nitrogen and oxygen atoms in total. The Balaban J connectivity index is 1.72. The zero-order valence-electron chi connectivity index (χ0n) is 16.9. The van der Waals surface area contributed by atoms with Crippen molar-refractivity contribution in [2.45, 2.75) is 102 Å². The van der Waals surface area contributed by atoms with E-state index in [1.165, 1.54) is 0 Å². The third-order valence-electron chi connectivity index (χ3n) is 4.91. The highest BCUT2D eigenvalue weighted by atomic mass is 16.7. The summed E-state index contributed by atoms with van der Waals surface area (Å²) in [6, 6.07) is 0. The van der Waals surface area contributed by atoms with Crippen molar-refractivity contribution in [3.8, 4) is 0 Å². The maximum atomic E-state index is 10.5. The van der Waals surface area contributed by atoms with Crippen LogP contribution in [0.2, 0.25) is 0 Å². The minimum Gasteiger partial charge on any atom is -0.481 e. The SMILES string of the molecule is CC1(C)OC[C@H](/C=C/C(CCCCCCCC(=O)O)OC2CCCCO2)O1. The van der Waals surface area contributed by atoms with Gasteiger partial charge in [-0.2, -0.15) is 0 Å². The first-order chi connectivity index (χ1) is 12.9. The lowest BCUT2D eigenvalue weighted by Crippen LogP contribution is -2.27. The van der Waals surface area contributed by atoms with Crippen LogP contribution in [0.15, 0.2) is 12.2 Å². The molecule has 2 heterocycles. The fourth-order valence-corrected chi connectivity index (χ4v) is 3.43. The van der Waals surface area contributed by atoms with E-state index in [2.05, 4.69) is 12.2 Å². The Morgan fingerprint density at radius 3 is 2.67 bits per heavy atom. The summed E-state index contributed by atoms with van der Waals surface area (Å²) in [7, 11) is 0. The third kappa shape index (κ3) is 9.70. The van der Waals surface area contributed by atoms with Gasteiger partial charge in [0.25, 0.3) is 0 Å². The van der Waals surface area contributed by atoms with Crippen molar-refractivity contribution in [2.75, 3.05) is 13.2 Å². The summed E-state index contributed by atoms with van der Waals surface area (Å²) in [5, 5.41) is 8.67. The Bertz CT molecular complexity index is 456. The van der Waals surface area contributed by atoms with Gasteiger partial charge >= 0.3 is 5.97 Å². The highest BCUT2D eigenvalue weighted by molar-refractivity contribution is 5.66. The first kappa shape index (κ1) is 22.3. The average molecular weight is 385 g/mol. The highest BCUT2D eigenvalue weighted by Gasteiger charge is 2.31. The predicted octanol–water partition coefficient (Wildman–Crippen LogP) is 4.42. The van der Waals surface area contributed by atoms with Crippen molar-refractivity contribution in [1.82, 2.24) is 0 Å². The van der Waals surface area contributed by atoms with Gasteiger partial charge < -0.3 is 24.1 Å². The van der Waals surface area contributed by atoms with Gasteiger partial charge in [-0.15, -0.1) is 0 Å². The average Bonchev–Trinajstić information content (AvgIpc) is 2.98. The molecule has 6 heteroatoms. The topological polar surface area (TPSA) is 74.2 Å². The monoisotopic (exact) mass is 384 g/mol. The number of carbonyl (C=O) groups is 1. The number of hydrogen-bond donors (Lipinski definition) is 1. The Morgan fingerprint density at radius 1 is 1.22 bits per heavy atom. The molecule has 0 aliphatic carbocycles. The van der Waals surface area contributed by atoms with Crippen LogP contribution in [0.25, 0.3) is 0 Å². The van der Waals surface area contributed by atoms with Crippen LogP contribution in [0.4, 0.5) is 0 Å². The smallest absolute Gasteiger partial charge is 0.303 e. The Labute approximate surface area is 163 Å². The predicted molar refractivity (Wildman–Crippen MR) is 102 cm³/mol. The van der Waals surface area contributed by atoms with E-state index in [4.69, 9.17) is 24.1 Å². The number of unbranched alkanes of at least 4 members (excludes halogenated alkanes) is 4. The highest BCUT2D eigenvalue weighted by Crippen LogP contribution is 2.24. The number of hydrogen-bond acceptors (Lipinski definition) is 5. The Kier molecular flexibility index (Phi) is 9.76. The van der Waals surface area contributed by atoms with Crippen LogP contribution in [0.1, 0.15) is 78.1 Å². The number of rotatable bonds is 12. The molecule has 0 aromatic rings. The molecule has 2 rings (SSSR count). The standard InChI is InChI=1S/C21H36O6/c1-21(2)25-16-18(27-21)14-13-17(26-20-12-8-9-15-24-20)10-6-4-3-5-7-11-19(22)23/h13-14,17-18,20H,3-12,15-16H2,1-2H3,(H,22,23)/b14-13+/t17?,18-,20?/m0/s1. The summed E-state index contributed by atoms with van der Waals surface area (Å²) < 4.78 is 23.3. The Morgan fingerprint density at radius 2 is 2.00 bits per heavy atom. The van der Waals surface area contributed by atoms with Gasteiger partial charge in [0.15, 0.2) is 12.1 Å². The fraction of sp³-hybridized carbons (Fsp3) is 0.857. The van der Waals surface area contributed by atoms with E-state index in [9.17, 15) is 4.79 Å². The van der Waals surface area contributed by atoms with Crippen molar-refractivity contribution in [3.05, 3.63) is 12.2 Å². The summed E-state index contributed by atoms with van der Waals surface area (Å²) in [6.07, 6.45) is 13.4. The zero-order chi connectivity index (χ0) is 19.5. The first-order valence-electron chi connectivity index (χ1n) is 10.4. The normalized spacial score (nSPS) is 26.4. The van der Waals surface area contributed by atoms with Crippen LogP contribution in [-0.2, 0) is 23.7 Å². The molecule has 3 atom stereocenters. The number of carboxylic acids is 1. The van der Waals surface area contributed by atoms with Crippen LogP contribution >= 0.6 is 0 Å². The van der Waals surface area contributed by atoms with Gasteiger partial charge in [-0.3, -0.25) is 4.79 Å². The summed E-state index contributed by atoms with van der Waals surface area (Å²) in [5.41, 5.74) is 0. The third-order valence-corrected chi connectivity index (χ3v) is 4.91. The largest absolute Gasteiger partial charge is 0.481 e. The quantitative estimate of drug-likeness (QED) is 0.396. The molecule has 0 aromatic carbocycles. The van der Waals surface area contributed by atoms with Gasteiger partial charge in [0.05, 0.1) is 12.7 Å². The lowest BCUT2D eigenvalue weighted by atomic mass is 10.1. The minimum absolute atomic E-state index is 0.0134. The van der Waals surface area contributed by atoms with Gasteiger partial charge in [0.2, 0.25) is 0 Å². The molecule has 156 valence electrons. The molecular weight excluding hydrogens is 348 g/mol. The molecule has 0 spiro atoms. The van der Waals surface area contributed by atoms with Crippen LogP contribution in [-0.4, -0.2) is 48.6 Å². The molecule has 27 heavy (non-hydrogen) atoms. The summed E-state index contributed by atoms with van der Waals surface area (Å²) in [4.78, 5) is 10.5. The van der Waals surface area contributed by atoms with Gasteiger partial charge in [-0.1, -0.05) is 37.8 Å². The fourth-order valence-electron chi connectivity index (χ4n) is 3.43. The van der Waals surface area contributed by atoms with Crippen LogP contribution < -0.4 is 0 Å². The van der Waals surface area contributed by atoms with E-state index in [1.54, 1.807) is 0 Å². The van der Waals surface area contributed by atoms with E-state index in [-0.39, 0.29) is 24.9 Å². The molecule has 0 amide bonds. The van der Waals surface area contributed by atoms with Crippen LogP contribution in [0.3, 0.4) is 0 Å². The second kappa shape index (κ2) is 11.8. The van der Waals surface area contributed by atoms with E-state index >= 15 is 0 Å². The lowest BCUT2D eigenvalue weighted by Gasteiger charge is -2.26. The van der Waals surface area contributed by atoms with Crippen molar-refractivity contribution < 1.29 is 28.8 Å². The van der Waals surface area contributed by atoms with Crippen LogP contribution in [0, 0.1) is 0 Å². The first-order valence-corrected chi connectivity index (χ1v) is 10.4. The minimum atomic E-state index is -0.706. The number of ether oxygens (including phenoxy) is 4. The molecule has 2 fully saturated rings. The van der Waals surface area contributed by atoms with Crippen molar-refractivity contribution in [2.24, 2.45) is 0 Å². The molecule has 0 bridgehead atoms. The van der Waals surface area contributed by atoms with Gasteiger partial charge in [0.1, 0.15) is 6.10 Å². The molecule has 0 radical (unpaired) electrons. The second-order valence-electron chi connectivity index (χ2n) is 7.92. The van der Waals surface area contributed by atoms with E-state index in [0.717, 1.165) is 64.4 Å². The van der Waals surface area contributed by atoms with Crippen molar-refractivity contribution in [1.29, 1.82) is 0 Å². The molecule has 2 saturated heterocycles. The summed E-state index contributed by atoms with van der Waals surface area (Å²) >= 11 is 0. The van der Waals surface area contributed by atoms with Crippen LogP contribution in [0.5, 0.6) is 0 Å². The zero-order valence-corrected chi connectivity index (χ0v) is 16.9. The molecule has 0 saturated carbocycles. The van der Waals surface area contributed by atoms with Crippen molar-refractivity contribution in [3.63, 3.8) is 0 Å². The maximum Gasteiger partial charge on any atom is 0.303 e. The van der Waals surface area contributed by atoms with E-state index < -0.39 is 11.8 Å². The van der Waals surface area contributed by atoms with Gasteiger partial charge in [0, 0.05) is 13.0 Å². The molecule has 2 unspecified atom stereocenters. The molecular formula is C21H36O6. The molecule has 0 aromatic heterocycles. The van der Waals surface area contributed by atoms with E-state index in [0.29, 0.717) is 6.61 Å². The lowest BCUT2D eigenvalue weighted by molar-refractivity contribution is -0.179. The Hall–Kier alpha value is -0.950. The van der Waals surface area contributed by atoms with Gasteiger partial charge in [-0.25, -0.2) is 0 Å². The second-order valence-corrected chi connectivity index (χ2v) is 7.92. The number of carboxylic acid groups (broad SMARTS) is 1. The molecule has 1 N–H and O–H groups in total. The van der Waals surface area contributed by atoms with E-state index in [1.807, 2.05) is 13.8 Å². The van der Waals surface area contributed by atoms with Crippen molar-refractivity contribution >= 4 is 5.97 Å². The molecule has 2 aliphatic heterocycles. The summed E-state index contributed by atoms with van der Waals surface area (Å²) in [5.74, 6) is -1.23. The number of aliphatic carboxylic acids is 1. The summed E-state index contributed by atoms with van der Waals surface area (Å²) in [6.45, 7) is 5.20. The molecule has 2 aliphatic rings. The van der Waals surface area contributed by atoms with Gasteiger partial charge in [-0.05, 0) is 46.0 Å².